The minimum atomic E-state index is -0.562. The summed E-state index contributed by atoms with van der Waals surface area (Å²) >= 11 is 5.98. The monoisotopic (exact) mass is 289 g/mol. The van der Waals surface area contributed by atoms with Crippen molar-refractivity contribution in [3.05, 3.63) is 64.9 Å². The van der Waals surface area contributed by atoms with E-state index in [0.29, 0.717) is 5.02 Å². The highest BCUT2D eigenvalue weighted by Crippen LogP contribution is 2.49. The van der Waals surface area contributed by atoms with E-state index in [2.05, 4.69) is 5.32 Å². The van der Waals surface area contributed by atoms with Crippen LogP contribution >= 0.6 is 11.6 Å². The van der Waals surface area contributed by atoms with Crippen molar-refractivity contribution >= 4 is 23.2 Å². The highest BCUT2D eigenvalue weighted by atomic mass is 35.5. The van der Waals surface area contributed by atoms with Gasteiger partial charge in [0.1, 0.15) is 5.82 Å². The van der Waals surface area contributed by atoms with Crippen LogP contribution in [-0.4, -0.2) is 5.91 Å². The molecule has 1 aliphatic carbocycles. The van der Waals surface area contributed by atoms with Gasteiger partial charge in [0.2, 0.25) is 5.91 Å². The van der Waals surface area contributed by atoms with Gasteiger partial charge in [-0.15, -0.1) is 0 Å². The van der Waals surface area contributed by atoms with E-state index >= 15 is 0 Å². The Kier molecular flexibility index (Phi) is 3.22. The van der Waals surface area contributed by atoms with E-state index in [4.69, 9.17) is 11.6 Å². The molecule has 2 aromatic carbocycles. The molecule has 4 heteroatoms. The lowest BCUT2D eigenvalue weighted by Gasteiger charge is -2.16. The maximum Gasteiger partial charge on any atom is 0.235 e. The summed E-state index contributed by atoms with van der Waals surface area (Å²) in [5.41, 5.74) is 0.539. The van der Waals surface area contributed by atoms with Gasteiger partial charge in [0.25, 0.3) is 0 Å². The number of hydrogen-bond acceptors (Lipinski definition) is 1. The first kappa shape index (κ1) is 13.1. The van der Waals surface area contributed by atoms with Crippen LogP contribution in [0, 0.1) is 5.82 Å². The zero-order chi connectivity index (χ0) is 14.2. The number of para-hydroxylation sites is 1. The number of carbonyl (C=O) groups is 1. The van der Waals surface area contributed by atoms with Crippen LogP contribution in [0.3, 0.4) is 0 Å². The summed E-state index contributed by atoms with van der Waals surface area (Å²) in [4.78, 5) is 12.4. The van der Waals surface area contributed by atoms with Crippen molar-refractivity contribution in [2.45, 2.75) is 18.3 Å². The largest absolute Gasteiger partial charge is 0.323 e. The van der Waals surface area contributed by atoms with Crippen molar-refractivity contribution in [2.75, 3.05) is 5.32 Å². The smallest absolute Gasteiger partial charge is 0.235 e. The second-order valence-electron chi connectivity index (χ2n) is 5.03. The summed E-state index contributed by atoms with van der Waals surface area (Å²) in [6.45, 7) is 0. The minimum Gasteiger partial charge on any atom is -0.323 e. The zero-order valence-electron chi connectivity index (χ0n) is 10.7. The lowest BCUT2D eigenvalue weighted by molar-refractivity contribution is -0.118. The molecule has 0 aromatic heterocycles. The van der Waals surface area contributed by atoms with Gasteiger partial charge in [0.05, 0.1) is 11.1 Å². The highest BCUT2D eigenvalue weighted by molar-refractivity contribution is 6.30. The van der Waals surface area contributed by atoms with Crippen LogP contribution in [0.4, 0.5) is 10.1 Å². The third-order valence-electron chi connectivity index (χ3n) is 3.68. The lowest BCUT2D eigenvalue weighted by atomic mass is 9.95. The van der Waals surface area contributed by atoms with Gasteiger partial charge in [-0.25, -0.2) is 4.39 Å². The van der Waals surface area contributed by atoms with E-state index < -0.39 is 11.2 Å². The molecular formula is C16H13ClFNO. The number of carbonyl (C=O) groups excluding carboxylic acids is 1. The average molecular weight is 290 g/mol. The van der Waals surface area contributed by atoms with Crippen LogP contribution in [0.5, 0.6) is 0 Å². The summed E-state index contributed by atoms with van der Waals surface area (Å²) in [7, 11) is 0. The van der Waals surface area contributed by atoms with E-state index in [9.17, 15) is 9.18 Å². The molecule has 0 radical (unpaired) electrons. The first-order chi connectivity index (χ1) is 9.62. The van der Waals surface area contributed by atoms with Crippen LogP contribution in [0.1, 0.15) is 18.4 Å². The second kappa shape index (κ2) is 4.91. The number of anilines is 1. The van der Waals surface area contributed by atoms with Crippen molar-refractivity contribution in [1.29, 1.82) is 0 Å². The third-order valence-corrected chi connectivity index (χ3v) is 3.92. The van der Waals surface area contributed by atoms with Crippen molar-refractivity contribution in [1.82, 2.24) is 0 Å². The van der Waals surface area contributed by atoms with E-state index in [1.807, 2.05) is 12.1 Å². The Labute approximate surface area is 121 Å². The molecule has 20 heavy (non-hydrogen) atoms. The van der Waals surface area contributed by atoms with E-state index in [1.54, 1.807) is 30.3 Å². The van der Waals surface area contributed by atoms with Crippen molar-refractivity contribution in [3.8, 4) is 0 Å². The number of hydrogen-bond donors (Lipinski definition) is 1. The fraction of sp³-hybridized carbons (Fsp3) is 0.188. The zero-order valence-corrected chi connectivity index (χ0v) is 11.5. The first-order valence-corrected chi connectivity index (χ1v) is 6.82. The molecule has 2 aromatic rings. The minimum absolute atomic E-state index is 0.176. The van der Waals surface area contributed by atoms with Crippen LogP contribution in [-0.2, 0) is 10.2 Å². The summed E-state index contributed by atoms with van der Waals surface area (Å²) < 4.78 is 13.6. The molecular weight excluding hydrogens is 277 g/mol. The second-order valence-corrected chi connectivity index (χ2v) is 5.46. The van der Waals surface area contributed by atoms with Gasteiger partial charge in [-0.2, -0.15) is 0 Å². The number of amides is 1. The van der Waals surface area contributed by atoms with Gasteiger partial charge in [0, 0.05) is 5.02 Å². The van der Waals surface area contributed by atoms with Crippen molar-refractivity contribution in [2.24, 2.45) is 0 Å². The van der Waals surface area contributed by atoms with Crippen LogP contribution in [0.15, 0.2) is 48.5 Å². The van der Waals surface area contributed by atoms with E-state index in [0.717, 1.165) is 18.4 Å². The molecule has 102 valence electrons. The predicted molar refractivity (Wildman–Crippen MR) is 77.4 cm³/mol. The predicted octanol–water partition coefficient (Wildman–Crippen LogP) is 4.15. The van der Waals surface area contributed by atoms with Gasteiger partial charge in [0.15, 0.2) is 0 Å². The Morgan fingerprint density at radius 2 is 1.90 bits per heavy atom. The summed E-state index contributed by atoms with van der Waals surface area (Å²) in [6.07, 6.45) is 1.52. The van der Waals surface area contributed by atoms with E-state index in [-0.39, 0.29) is 11.6 Å². The van der Waals surface area contributed by atoms with Gasteiger partial charge in [-0.05, 0) is 42.7 Å². The number of benzene rings is 2. The van der Waals surface area contributed by atoms with E-state index in [1.165, 1.54) is 6.07 Å². The molecule has 0 atom stereocenters. The molecule has 1 aliphatic rings. The standard InChI is InChI=1S/C16H13ClFNO/c17-12-5-3-4-11(10-12)16(8-9-16)15(20)19-14-7-2-1-6-13(14)18/h1-7,10H,8-9H2,(H,19,20). The average Bonchev–Trinajstić information content (AvgIpc) is 3.23. The number of rotatable bonds is 3. The Hall–Kier alpha value is -1.87. The van der Waals surface area contributed by atoms with Crippen molar-refractivity contribution < 1.29 is 9.18 Å². The molecule has 0 saturated heterocycles. The summed E-state index contributed by atoms with van der Waals surface area (Å²) in [5, 5.41) is 3.28. The summed E-state index contributed by atoms with van der Waals surface area (Å²) in [6, 6.07) is 13.5. The molecule has 0 unspecified atom stereocenters. The van der Waals surface area contributed by atoms with Gasteiger partial charge < -0.3 is 5.32 Å². The molecule has 1 N–H and O–H groups in total. The molecule has 0 heterocycles. The number of halogens is 2. The Bertz CT molecular complexity index is 667. The quantitative estimate of drug-likeness (QED) is 0.903. The Morgan fingerprint density at radius 3 is 2.55 bits per heavy atom. The fourth-order valence-corrected chi connectivity index (χ4v) is 2.55. The molecule has 0 aliphatic heterocycles. The topological polar surface area (TPSA) is 29.1 Å². The van der Waals surface area contributed by atoms with Crippen LogP contribution in [0.25, 0.3) is 0 Å². The van der Waals surface area contributed by atoms with Crippen LogP contribution < -0.4 is 5.32 Å². The molecule has 1 saturated carbocycles. The first-order valence-electron chi connectivity index (χ1n) is 6.44. The van der Waals surface area contributed by atoms with Gasteiger partial charge in [-0.3, -0.25) is 4.79 Å². The Balaban J connectivity index is 1.86. The Morgan fingerprint density at radius 1 is 1.15 bits per heavy atom. The number of nitrogens with one attached hydrogen (secondary N) is 1. The summed E-state index contributed by atoms with van der Waals surface area (Å²) in [5.74, 6) is -0.604. The fourth-order valence-electron chi connectivity index (χ4n) is 2.36. The highest BCUT2D eigenvalue weighted by Gasteiger charge is 2.51. The molecule has 1 amide bonds. The molecule has 1 fully saturated rings. The molecule has 3 rings (SSSR count). The maximum atomic E-state index is 13.6. The van der Waals surface area contributed by atoms with Crippen molar-refractivity contribution in [3.63, 3.8) is 0 Å². The van der Waals surface area contributed by atoms with Crippen LogP contribution in [0.2, 0.25) is 5.02 Å². The lowest BCUT2D eigenvalue weighted by Crippen LogP contribution is -2.28. The molecule has 0 bridgehead atoms. The normalized spacial score (nSPS) is 15.7. The molecule has 2 nitrogen and oxygen atoms in total. The maximum absolute atomic E-state index is 13.6. The molecule has 0 spiro atoms. The van der Waals surface area contributed by atoms with Gasteiger partial charge >= 0.3 is 0 Å². The SMILES string of the molecule is O=C(Nc1ccccc1F)C1(c2cccc(Cl)c2)CC1. The third kappa shape index (κ3) is 2.29. The van der Waals surface area contributed by atoms with Gasteiger partial charge in [-0.1, -0.05) is 35.9 Å².